The van der Waals surface area contributed by atoms with Crippen LogP contribution in [0.2, 0.25) is 0 Å². The summed E-state index contributed by atoms with van der Waals surface area (Å²) in [5.41, 5.74) is 0.784. The van der Waals surface area contributed by atoms with Gasteiger partial charge in [0.05, 0.1) is 17.0 Å². The first kappa shape index (κ1) is 22.6. The molecule has 0 aliphatic carbocycles. The molecule has 0 saturated heterocycles. The maximum absolute atomic E-state index is 12.9. The van der Waals surface area contributed by atoms with Crippen LogP contribution in [0.3, 0.4) is 0 Å². The van der Waals surface area contributed by atoms with Gasteiger partial charge in [-0.25, -0.2) is 18.4 Å². The molecule has 0 amide bonds. The first-order valence-electron chi connectivity index (χ1n) is 9.63. The Morgan fingerprint density at radius 3 is 2.40 bits per heavy atom. The van der Waals surface area contributed by atoms with Crippen molar-refractivity contribution in [2.45, 2.75) is 17.9 Å². The van der Waals surface area contributed by atoms with Gasteiger partial charge < -0.3 is 10.2 Å². The lowest BCUT2D eigenvalue weighted by Gasteiger charge is -2.18. The fourth-order valence-corrected chi connectivity index (χ4v) is 4.39. The van der Waals surface area contributed by atoms with E-state index >= 15 is 0 Å². The highest BCUT2D eigenvalue weighted by molar-refractivity contribution is 9.10. The third-order valence-corrected chi connectivity index (χ3v) is 6.96. The molecule has 160 valence electrons. The van der Waals surface area contributed by atoms with Crippen molar-refractivity contribution >= 4 is 42.7 Å². The molecule has 0 unspecified atom stereocenters. The Bertz CT molecular complexity index is 1100. The van der Waals surface area contributed by atoms with E-state index in [-0.39, 0.29) is 11.4 Å². The third-order valence-electron chi connectivity index (χ3n) is 4.61. The minimum Gasteiger partial charge on any atom is -0.369 e. The van der Waals surface area contributed by atoms with Gasteiger partial charge in [-0.2, -0.15) is 4.31 Å². The van der Waals surface area contributed by atoms with E-state index < -0.39 is 10.0 Å². The van der Waals surface area contributed by atoms with Crippen molar-refractivity contribution < 1.29 is 8.42 Å². The van der Waals surface area contributed by atoms with E-state index in [9.17, 15) is 8.42 Å². The fourth-order valence-electron chi connectivity index (χ4n) is 3.00. The number of anilines is 1. The highest BCUT2D eigenvalue weighted by Crippen LogP contribution is 2.22. The average molecular weight is 492 g/mol. The number of halogens is 1. The molecule has 0 saturated carbocycles. The van der Waals surface area contributed by atoms with Crippen LogP contribution in [-0.4, -0.2) is 61.8 Å². The van der Waals surface area contributed by atoms with E-state index in [1.165, 1.54) is 4.31 Å². The van der Waals surface area contributed by atoms with Crippen LogP contribution in [0.4, 0.5) is 5.82 Å². The molecule has 1 N–H and O–H groups in total. The van der Waals surface area contributed by atoms with Gasteiger partial charge in [0.1, 0.15) is 11.6 Å². The molecule has 0 atom stereocenters. The number of hydrogen-bond acceptors (Lipinski definition) is 6. The van der Waals surface area contributed by atoms with E-state index in [1.54, 1.807) is 31.3 Å². The van der Waals surface area contributed by atoms with E-state index in [0.717, 1.165) is 40.7 Å². The highest BCUT2D eigenvalue weighted by atomic mass is 79.9. The molecule has 0 aliphatic heterocycles. The van der Waals surface area contributed by atoms with Crippen LogP contribution >= 0.6 is 15.9 Å². The number of fused-ring (bicyclic) bond motifs is 1. The van der Waals surface area contributed by atoms with Crippen LogP contribution in [0, 0.1) is 0 Å². The Labute approximate surface area is 186 Å². The molecule has 0 aliphatic rings. The predicted molar refractivity (Wildman–Crippen MR) is 124 cm³/mol. The topological polar surface area (TPSA) is 78.4 Å². The fraction of sp³-hybridized carbons (Fsp3) is 0.333. The Hall–Kier alpha value is -2.07. The Balaban J connectivity index is 1.83. The first-order valence-corrected chi connectivity index (χ1v) is 11.9. The van der Waals surface area contributed by atoms with Crippen molar-refractivity contribution in [3.05, 3.63) is 58.8 Å². The summed E-state index contributed by atoms with van der Waals surface area (Å²) in [7, 11) is 1.98. The zero-order valence-corrected chi connectivity index (χ0v) is 19.7. The molecular formula is C21H26BrN5O2S. The molecule has 0 radical (unpaired) electrons. The Morgan fingerprint density at radius 1 is 1.00 bits per heavy atom. The van der Waals surface area contributed by atoms with Gasteiger partial charge >= 0.3 is 0 Å². The van der Waals surface area contributed by atoms with Crippen LogP contribution in [0.25, 0.3) is 10.9 Å². The predicted octanol–water partition coefficient (Wildman–Crippen LogP) is 3.58. The maximum Gasteiger partial charge on any atom is 0.243 e. The van der Waals surface area contributed by atoms with Crippen LogP contribution in [0.1, 0.15) is 12.2 Å². The summed E-state index contributed by atoms with van der Waals surface area (Å²) in [6.07, 6.45) is 0.971. The number of hydrogen-bond donors (Lipinski definition) is 1. The van der Waals surface area contributed by atoms with Crippen molar-refractivity contribution in [2.24, 2.45) is 0 Å². The zero-order valence-electron chi connectivity index (χ0n) is 17.3. The standard InChI is InChI=1S/C21H26BrN5O2S/c1-26(2)14-6-13-23-21-18-7-4-5-8-19(18)24-20(25-21)15-27(3)30(28,29)17-11-9-16(22)10-12-17/h4-5,7-12H,6,13-15H2,1-3H3,(H,23,24,25). The third kappa shape index (κ3) is 5.54. The molecule has 1 aromatic heterocycles. The molecule has 30 heavy (non-hydrogen) atoms. The van der Waals surface area contributed by atoms with Crippen LogP contribution in [0.5, 0.6) is 0 Å². The summed E-state index contributed by atoms with van der Waals surface area (Å²) >= 11 is 3.33. The monoisotopic (exact) mass is 491 g/mol. The molecule has 7 nitrogen and oxygen atoms in total. The zero-order chi connectivity index (χ0) is 21.7. The van der Waals surface area contributed by atoms with Crippen molar-refractivity contribution in [3.8, 4) is 0 Å². The van der Waals surface area contributed by atoms with Crippen molar-refractivity contribution in [1.82, 2.24) is 19.2 Å². The van der Waals surface area contributed by atoms with Gasteiger partial charge in [-0.15, -0.1) is 0 Å². The number of benzene rings is 2. The number of sulfonamides is 1. The molecule has 0 spiro atoms. The largest absolute Gasteiger partial charge is 0.369 e. The van der Waals surface area contributed by atoms with E-state index in [1.807, 2.05) is 38.4 Å². The maximum atomic E-state index is 12.9. The summed E-state index contributed by atoms with van der Waals surface area (Å²) in [4.78, 5) is 11.6. The first-order chi connectivity index (χ1) is 14.3. The summed E-state index contributed by atoms with van der Waals surface area (Å²) in [6.45, 7) is 1.82. The summed E-state index contributed by atoms with van der Waals surface area (Å²) in [5.74, 6) is 1.18. The lowest BCUT2D eigenvalue weighted by Crippen LogP contribution is -2.27. The lowest BCUT2D eigenvalue weighted by molar-refractivity contribution is 0.405. The second-order valence-corrected chi connectivity index (χ2v) is 10.3. The number of para-hydroxylation sites is 1. The number of rotatable bonds is 9. The van der Waals surface area contributed by atoms with Gasteiger partial charge in [0, 0.05) is 23.5 Å². The Morgan fingerprint density at radius 2 is 1.70 bits per heavy atom. The van der Waals surface area contributed by atoms with Crippen LogP contribution in [-0.2, 0) is 16.6 Å². The highest BCUT2D eigenvalue weighted by Gasteiger charge is 2.22. The van der Waals surface area contributed by atoms with Gasteiger partial charge in [0.2, 0.25) is 10.0 Å². The van der Waals surface area contributed by atoms with Gasteiger partial charge in [0.15, 0.2) is 0 Å². The molecule has 1 heterocycles. The van der Waals surface area contributed by atoms with Gasteiger partial charge in [-0.1, -0.05) is 28.1 Å². The number of nitrogens with zero attached hydrogens (tertiary/aromatic N) is 4. The second-order valence-electron chi connectivity index (χ2n) is 7.30. The van der Waals surface area contributed by atoms with Crippen LogP contribution in [0.15, 0.2) is 57.9 Å². The smallest absolute Gasteiger partial charge is 0.243 e. The number of aromatic nitrogens is 2. The summed E-state index contributed by atoms with van der Waals surface area (Å²) < 4.78 is 27.9. The quantitative estimate of drug-likeness (QED) is 0.460. The van der Waals surface area contributed by atoms with Gasteiger partial charge in [0.25, 0.3) is 0 Å². The van der Waals surface area contributed by atoms with Crippen molar-refractivity contribution in [2.75, 3.05) is 39.5 Å². The molecule has 2 aromatic carbocycles. The van der Waals surface area contributed by atoms with Gasteiger partial charge in [-0.3, -0.25) is 0 Å². The van der Waals surface area contributed by atoms with Gasteiger partial charge in [-0.05, 0) is 63.5 Å². The normalized spacial score (nSPS) is 12.1. The summed E-state index contributed by atoms with van der Waals surface area (Å²) in [5, 5.41) is 4.30. The molecular weight excluding hydrogens is 466 g/mol. The van der Waals surface area contributed by atoms with Crippen LogP contribution < -0.4 is 5.32 Å². The molecule has 3 rings (SSSR count). The summed E-state index contributed by atoms with van der Waals surface area (Å²) in [6, 6.07) is 14.3. The Kier molecular flexibility index (Phi) is 7.41. The second kappa shape index (κ2) is 9.82. The van der Waals surface area contributed by atoms with Crippen molar-refractivity contribution in [1.29, 1.82) is 0 Å². The van der Waals surface area contributed by atoms with Crippen molar-refractivity contribution in [3.63, 3.8) is 0 Å². The number of nitrogens with one attached hydrogen (secondary N) is 1. The van der Waals surface area contributed by atoms with E-state index in [2.05, 4.69) is 36.1 Å². The molecule has 3 aromatic rings. The van der Waals surface area contributed by atoms with E-state index in [4.69, 9.17) is 0 Å². The minimum absolute atomic E-state index is 0.0790. The minimum atomic E-state index is -3.64. The molecule has 0 fully saturated rings. The molecule has 0 bridgehead atoms. The lowest BCUT2D eigenvalue weighted by atomic mass is 10.2. The molecule has 9 heteroatoms. The average Bonchev–Trinajstić information content (AvgIpc) is 2.71. The SMILES string of the molecule is CN(C)CCCNc1nc(CN(C)S(=O)(=O)c2ccc(Br)cc2)nc2ccccc12. The van der Waals surface area contributed by atoms with E-state index in [0.29, 0.717) is 5.82 Å².